The van der Waals surface area contributed by atoms with Crippen LogP contribution in [0.2, 0.25) is 0 Å². The topological polar surface area (TPSA) is 70.5 Å². The lowest BCUT2D eigenvalue weighted by Gasteiger charge is -2.10. The molecule has 2 rings (SSSR count). The molecule has 0 bridgehead atoms. The van der Waals surface area contributed by atoms with E-state index in [-0.39, 0.29) is 0 Å². The molecule has 0 aliphatic heterocycles. The smallest absolute Gasteiger partial charge is 0.228 e. The zero-order valence-electron chi connectivity index (χ0n) is 10.9. The van der Waals surface area contributed by atoms with Gasteiger partial charge in [0.1, 0.15) is 5.76 Å². The van der Waals surface area contributed by atoms with Crippen LogP contribution in [-0.2, 0) is 0 Å². The summed E-state index contributed by atoms with van der Waals surface area (Å²) in [4.78, 5) is 4.33. The summed E-state index contributed by atoms with van der Waals surface area (Å²) in [6.45, 7) is 3.75. The van der Waals surface area contributed by atoms with Gasteiger partial charge in [0.15, 0.2) is 11.5 Å². The fraction of sp³-hybridized carbons (Fsp3) is 0.308. The quantitative estimate of drug-likeness (QED) is 0.845. The molecule has 0 spiro atoms. The molecule has 1 aromatic carbocycles. The van der Waals surface area contributed by atoms with Gasteiger partial charge in [-0.15, -0.1) is 0 Å². The molecule has 2 aromatic rings. The number of anilines is 1. The van der Waals surface area contributed by atoms with Crippen molar-refractivity contribution in [1.82, 2.24) is 4.98 Å². The number of nitrogen functional groups attached to an aromatic ring is 1. The molecule has 0 saturated carbocycles. The van der Waals surface area contributed by atoms with E-state index < -0.39 is 0 Å². The van der Waals surface area contributed by atoms with E-state index in [1.807, 2.05) is 13.8 Å². The van der Waals surface area contributed by atoms with Gasteiger partial charge in [0.25, 0.3) is 0 Å². The Labute approximate surface area is 106 Å². The Morgan fingerprint density at radius 1 is 1.11 bits per heavy atom. The van der Waals surface area contributed by atoms with Crippen molar-refractivity contribution < 1.29 is 13.9 Å². The number of ether oxygens (including phenoxy) is 2. The minimum atomic E-state index is 0.489. The largest absolute Gasteiger partial charge is 0.493 e. The number of hydrogen-bond donors (Lipinski definition) is 1. The van der Waals surface area contributed by atoms with E-state index in [4.69, 9.17) is 19.6 Å². The molecule has 0 atom stereocenters. The Morgan fingerprint density at radius 2 is 1.72 bits per heavy atom. The molecule has 0 fully saturated rings. The van der Waals surface area contributed by atoms with Crippen molar-refractivity contribution in [2.24, 2.45) is 0 Å². The van der Waals surface area contributed by atoms with Gasteiger partial charge < -0.3 is 19.6 Å². The fourth-order valence-corrected chi connectivity index (χ4v) is 1.67. The van der Waals surface area contributed by atoms with Gasteiger partial charge >= 0.3 is 0 Å². The van der Waals surface area contributed by atoms with Crippen LogP contribution in [-0.4, -0.2) is 19.2 Å². The summed E-state index contributed by atoms with van der Waals surface area (Å²) in [6, 6.07) is 3.46. The summed E-state index contributed by atoms with van der Waals surface area (Å²) in [6.07, 6.45) is 0. The van der Waals surface area contributed by atoms with E-state index in [1.165, 1.54) is 0 Å². The second-order valence-corrected chi connectivity index (χ2v) is 3.96. The molecule has 0 aliphatic carbocycles. The number of methoxy groups -OCH3 is 2. The van der Waals surface area contributed by atoms with Gasteiger partial charge in [-0.05, 0) is 19.9 Å². The number of benzene rings is 1. The molecular formula is C13H16N2O3. The summed E-state index contributed by atoms with van der Waals surface area (Å²) >= 11 is 0. The van der Waals surface area contributed by atoms with Crippen molar-refractivity contribution in [2.75, 3.05) is 20.0 Å². The third-order valence-electron chi connectivity index (χ3n) is 2.81. The summed E-state index contributed by atoms with van der Waals surface area (Å²) in [5.74, 6) is 2.44. The van der Waals surface area contributed by atoms with E-state index in [0.29, 0.717) is 28.6 Å². The molecule has 18 heavy (non-hydrogen) atoms. The Hall–Kier alpha value is -2.17. The fourth-order valence-electron chi connectivity index (χ4n) is 1.67. The van der Waals surface area contributed by atoms with Crippen molar-refractivity contribution >= 4 is 5.69 Å². The number of rotatable bonds is 3. The van der Waals surface area contributed by atoms with Crippen LogP contribution >= 0.6 is 0 Å². The molecule has 5 heteroatoms. The Kier molecular flexibility index (Phi) is 3.14. The van der Waals surface area contributed by atoms with E-state index >= 15 is 0 Å². The van der Waals surface area contributed by atoms with Crippen LogP contribution < -0.4 is 15.2 Å². The van der Waals surface area contributed by atoms with Gasteiger partial charge in [-0.2, -0.15) is 0 Å². The van der Waals surface area contributed by atoms with Gasteiger partial charge in [0.2, 0.25) is 5.89 Å². The number of oxazole rings is 1. The number of aryl methyl sites for hydroxylation is 2. The summed E-state index contributed by atoms with van der Waals surface area (Å²) in [5.41, 5.74) is 8.06. The van der Waals surface area contributed by atoms with Crippen LogP contribution in [0.25, 0.3) is 11.5 Å². The maximum absolute atomic E-state index is 5.98. The van der Waals surface area contributed by atoms with Crippen molar-refractivity contribution in [3.63, 3.8) is 0 Å². The second kappa shape index (κ2) is 4.60. The first kappa shape index (κ1) is 12.3. The van der Waals surface area contributed by atoms with Crippen molar-refractivity contribution in [3.05, 3.63) is 23.6 Å². The third-order valence-corrected chi connectivity index (χ3v) is 2.81. The minimum Gasteiger partial charge on any atom is -0.493 e. The highest BCUT2D eigenvalue weighted by Crippen LogP contribution is 2.37. The number of aromatic nitrogens is 1. The van der Waals surface area contributed by atoms with Crippen LogP contribution in [0, 0.1) is 13.8 Å². The first-order chi connectivity index (χ1) is 8.56. The average Bonchev–Trinajstić information content (AvgIpc) is 2.69. The van der Waals surface area contributed by atoms with Gasteiger partial charge in [-0.25, -0.2) is 4.98 Å². The van der Waals surface area contributed by atoms with Gasteiger partial charge in [-0.1, -0.05) is 0 Å². The van der Waals surface area contributed by atoms with Crippen LogP contribution in [0.5, 0.6) is 11.5 Å². The van der Waals surface area contributed by atoms with Crippen molar-refractivity contribution in [2.45, 2.75) is 13.8 Å². The van der Waals surface area contributed by atoms with E-state index in [9.17, 15) is 0 Å². The Balaban J connectivity index is 2.57. The van der Waals surface area contributed by atoms with Crippen LogP contribution in [0.15, 0.2) is 16.5 Å². The highest BCUT2D eigenvalue weighted by Gasteiger charge is 2.15. The molecule has 0 radical (unpaired) electrons. The molecular weight excluding hydrogens is 232 g/mol. The molecule has 1 heterocycles. The summed E-state index contributed by atoms with van der Waals surface area (Å²) < 4.78 is 16.0. The predicted octanol–water partition coefficient (Wildman–Crippen LogP) is 2.56. The average molecular weight is 248 g/mol. The minimum absolute atomic E-state index is 0.489. The first-order valence-corrected chi connectivity index (χ1v) is 5.52. The molecule has 5 nitrogen and oxygen atoms in total. The number of nitrogens with two attached hydrogens (primary N) is 1. The Morgan fingerprint density at radius 3 is 2.22 bits per heavy atom. The predicted molar refractivity (Wildman–Crippen MR) is 68.9 cm³/mol. The van der Waals surface area contributed by atoms with Gasteiger partial charge in [-0.3, -0.25) is 0 Å². The maximum Gasteiger partial charge on any atom is 0.228 e. The molecule has 0 aliphatic rings. The molecule has 0 amide bonds. The maximum atomic E-state index is 5.98. The van der Waals surface area contributed by atoms with E-state index in [0.717, 1.165) is 11.5 Å². The normalized spacial score (nSPS) is 10.4. The monoisotopic (exact) mass is 248 g/mol. The van der Waals surface area contributed by atoms with Crippen molar-refractivity contribution in [1.29, 1.82) is 0 Å². The lowest BCUT2D eigenvalue weighted by atomic mass is 10.1. The van der Waals surface area contributed by atoms with Crippen molar-refractivity contribution in [3.8, 4) is 23.0 Å². The summed E-state index contributed by atoms with van der Waals surface area (Å²) in [5, 5.41) is 0. The van der Waals surface area contributed by atoms with E-state index in [1.54, 1.807) is 26.4 Å². The number of nitrogens with zero attached hydrogens (tertiary/aromatic N) is 1. The van der Waals surface area contributed by atoms with Gasteiger partial charge in [0.05, 0.1) is 25.5 Å². The molecule has 2 N–H and O–H groups in total. The second-order valence-electron chi connectivity index (χ2n) is 3.96. The standard InChI is InChI=1S/C13H16N2O3/c1-7-8(2)18-13(15-7)9-5-11(16-3)12(17-4)6-10(9)14/h5-6H,14H2,1-4H3. The molecule has 0 saturated heterocycles. The SMILES string of the molecule is COc1cc(N)c(-c2nc(C)c(C)o2)cc1OC. The zero-order chi connectivity index (χ0) is 13.3. The third kappa shape index (κ3) is 1.99. The zero-order valence-corrected chi connectivity index (χ0v) is 10.9. The van der Waals surface area contributed by atoms with Crippen LogP contribution in [0.3, 0.4) is 0 Å². The lowest BCUT2D eigenvalue weighted by Crippen LogP contribution is -1.96. The number of hydrogen-bond acceptors (Lipinski definition) is 5. The highest BCUT2D eigenvalue weighted by atomic mass is 16.5. The van der Waals surface area contributed by atoms with Crippen LogP contribution in [0.1, 0.15) is 11.5 Å². The molecule has 96 valence electrons. The molecule has 0 unspecified atom stereocenters. The molecule has 1 aromatic heterocycles. The highest BCUT2D eigenvalue weighted by molar-refractivity contribution is 5.75. The summed E-state index contributed by atoms with van der Waals surface area (Å²) in [7, 11) is 3.14. The first-order valence-electron chi connectivity index (χ1n) is 5.52. The van der Waals surface area contributed by atoms with E-state index in [2.05, 4.69) is 4.98 Å². The van der Waals surface area contributed by atoms with Gasteiger partial charge in [0, 0.05) is 11.8 Å². The Bertz CT molecular complexity index is 556. The van der Waals surface area contributed by atoms with Crippen LogP contribution in [0.4, 0.5) is 5.69 Å². The lowest BCUT2D eigenvalue weighted by molar-refractivity contribution is 0.355.